The Balaban J connectivity index is 2.21. The van der Waals surface area contributed by atoms with E-state index in [0.29, 0.717) is 18.0 Å². The first kappa shape index (κ1) is 17.6. The molecule has 0 aliphatic carbocycles. The fraction of sp³-hybridized carbons (Fsp3) is 0.375. The van der Waals surface area contributed by atoms with Crippen molar-refractivity contribution in [2.45, 2.75) is 0 Å². The van der Waals surface area contributed by atoms with E-state index < -0.39 is 23.8 Å². The number of aliphatic imine (C=N–C) groups is 1. The van der Waals surface area contributed by atoms with Crippen LogP contribution in [0.3, 0.4) is 0 Å². The van der Waals surface area contributed by atoms with Gasteiger partial charge in [0.25, 0.3) is 5.91 Å². The molecule has 128 valence electrons. The number of quaternary nitrogens is 1. The van der Waals surface area contributed by atoms with Crippen LogP contribution in [0.2, 0.25) is 0 Å². The predicted molar refractivity (Wildman–Crippen MR) is 88.5 cm³/mol. The van der Waals surface area contributed by atoms with Crippen LogP contribution in [0.25, 0.3) is 0 Å². The van der Waals surface area contributed by atoms with Crippen LogP contribution in [0.15, 0.2) is 29.3 Å². The summed E-state index contributed by atoms with van der Waals surface area (Å²) in [5.74, 6) is -1.90. The summed E-state index contributed by atoms with van der Waals surface area (Å²) in [7, 11) is 5.46. The number of barbiturate groups is 1. The van der Waals surface area contributed by atoms with Crippen LogP contribution in [-0.4, -0.2) is 58.4 Å². The molecule has 2 rings (SSSR count). The molecule has 1 atom stereocenters. The van der Waals surface area contributed by atoms with Gasteiger partial charge in [0, 0.05) is 12.3 Å². The second-order valence-corrected chi connectivity index (χ2v) is 5.66. The van der Waals surface area contributed by atoms with Gasteiger partial charge in [-0.05, 0) is 12.1 Å². The molecule has 1 heterocycles. The lowest BCUT2D eigenvalue weighted by Gasteiger charge is -2.28. The van der Waals surface area contributed by atoms with Crippen LogP contribution in [0.1, 0.15) is 0 Å². The molecule has 1 aliphatic heterocycles. The number of imide groups is 2. The van der Waals surface area contributed by atoms with Crippen LogP contribution in [0.5, 0.6) is 5.75 Å². The number of hydrogen-bond donors (Lipinski definition) is 2. The molecule has 0 saturated carbocycles. The van der Waals surface area contributed by atoms with Crippen LogP contribution in [-0.2, 0) is 9.59 Å². The maximum Gasteiger partial charge on any atom is 0.335 e. The van der Waals surface area contributed by atoms with Crippen molar-refractivity contribution >= 4 is 29.7 Å². The summed E-state index contributed by atoms with van der Waals surface area (Å²) >= 11 is 0. The van der Waals surface area contributed by atoms with Gasteiger partial charge in [0.05, 0.1) is 40.0 Å². The van der Waals surface area contributed by atoms with Crippen molar-refractivity contribution in [3.8, 4) is 5.75 Å². The molecule has 1 saturated heterocycles. The SMILES string of the molecule is COc1cccc(N2C(=O)NC(=O)C(C=NCC[NH+](C)C)C2=O)c1. The number of ether oxygens (including phenoxy) is 1. The van der Waals surface area contributed by atoms with Gasteiger partial charge in [0.2, 0.25) is 5.91 Å². The number of rotatable bonds is 6. The second kappa shape index (κ2) is 7.69. The van der Waals surface area contributed by atoms with Crippen molar-refractivity contribution in [2.75, 3.05) is 39.2 Å². The zero-order valence-electron chi connectivity index (χ0n) is 13.9. The van der Waals surface area contributed by atoms with Crippen molar-refractivity contribution in [3.63, 3.8) is 0 Å². The minimum Gasteiger partial charge on any atom is -0.497 e. The van der Waals surface area contributed by atoms with Gasteiger partial charge >= 0.3 is 6.03 Å². The largest absolute Gasteiger partial charge is 0.497 e. The summed E-state index contributed by atoms with van der Waals surface area (Å²) in [5.41, 5.74) is 0.334. The molecule has 8 heteroatoms. The minimum atomic E-state index is -1.12. The zero-order valence-corrected chi connectivity index (χ0v) is 13.9. The third-order valence-electron chi connectivity index (χ3n) is 3.51. The number of amides is 4. The summed E-state index contributed by atoms with van der Waals surface area (Å²) in [6.07, 6.45) is 1.31. The number of benzene rings is 1. The molecule has 1 fully saturated rings. The molecule has 0 spiro atoms. The van der Waals surface area contributed by atoms with E-state index in [9.17, 15) is 14.4 Å². The summed E-state index contributed by atoms with van der Waals surface area (Å²) < 4.78 is 5.10. The lowest BCUT2D eigenvalue weighted by Crippen LogP contribution is -3.06. The molecule has 8 nitrogen and oxygen atoms in total. The van der Waals surface area contributed by atoms with Crippen LogP contribution < -0.4 is 19.9 Å². The minimum absolute atomic E-state index is 0.334. The maximum absolute atomic E-state index is 12.6. The van der Waals surface area contributed by atoms with E-state index >= 15 is 0 Å². The van der Waals surface area contributed by atoms with Crippen LogP contribution in [0.4, 0.5) is 10.5 Å². The number of carbonyl (C=O) groups excluding carboxylic acids is 3. The van der Waals surface area contributed by atoms with Crippen LogP contribution in [0, 0.1) is 5.92 Å². The second-order valence-electron chi connectivity index (χ2n) is 5.66. The Morgan fingerprint density at radius 2 is 2.08 bits per heavy atom. The van der Waals surface area contributed by atoms with Gasteiger partial charge in [0.15, 0.2) is 5.92 Å². The third-order valence-corrected chi connectivity index (χ3v) is 3.51. The topological polar surface area (TPSA) is 92.5 Å². The number of nitrogens with zero attached hydrogens (tertiary/aromatic N) is 2. The number of carbonyl (C=O) groups is 3. The first-order valence-corrected chi connectivity index (χ1v) is 7.56. The van der Waals surface area contributed by atoms with E-state index in [2.05, 4.69) is 10.3 Å². The molecule has 1 aromatic rings. The summed E-state index contributed by atoms with van der Waals surface area (Å²) in [6, 6.07) is 5.73. The van der Waals surface area contributed by atoms with E-state index in [1.807, 2.05) is 14.1 Å². The average Bonchev–Trinajstić information content (AvgIpc) is 2.53. The highest BCUT2D eigenvalue weighted by atomic mass is 16.5. The van der Waals surface area contributed by atoms with E-state index in [1.54, 1.807) is 24.3 Å². The number of hydrogen-bond acceptors (Lipinski definition) is 5. The smallest absolute Gasteiger partial charge is 0.335 e. The molecular weight excluding hydrogens is 312 g/mol. The lowest BCUT2D eigenvalue weighted by molar-refractivity contribution is -0.856. The van der Waals surface area contributed by atoms with Gasteiger partial charge in [-0.25, -0.2) is 9.69 Å². The standard InChI is InChI=1S/C16H20N4O4/c1-19(2)8-7-17-10-13-14(21)18-16(23)20(15(13)22)11-5-4-6-12(9-11)24-3/h4-6,9-10,13H,7-8H2,1-3H3,(H,18,21,23)/p+1. The normalized spacial score (nSPS) is 18.4. The molecule has 2 N–H and O–H groups in total. The van der Waals surface area contributed by atoms with Gasteiger partial charge in [-0.2, -0.15) is 0 Å². The Kier molecular flexibility index (Phi) is 5.64. The number of likely N-dealkylation sites (N-methyl/N-ethyl adjacent to an activating group) is 1. The highest BCUT2D eigenvalue weighted by Crippen LogP contribution is 2.24. The van der Waals surface area contributed by atoms with Gasteiger partial charge in [-0.1, -0.05) is 6.07 Å². The first-order chi connectivity index (χ1) is 11.4. The van der Waals surface area contributed by atoms with Gasteiger partial charge < -0.3 is 9.64 Å². The molecular formula is C16H21N4O4+. The van der Waals surface area contributed by atoms with E-state index in [-0.39, 0.29) is 0 Å². The maximum atomic E-state index is 12.6. The predicted octanol–water partition coefficient (Wildman–Crippen LogP) is -0.890. The fourth-order valence-corrected chi connectivity index (χ4v) is 2.18. The highest BCUT2D eigenvalue weighted by molar-refractivity contribution is 6.32. The summed E-state index contributed by atoms with van der Waals surface area (Å²) in [6.45, 7) is 1.27. The molecule has 0 bridgehead atoms. The molecule has 1 aliphatic rings. The average molecular weight is 333 g/mol. The Morgan fingerprint density at radius 1 is 1.33 bits per heavy atom. The van der Waals surface area contributed by atoms with Crippen LogP contribution >= 0.6 is 0 Å². The number of urea groups is 1. The van der Waals surface area contributed by atoms with Gasteiger partial charge in [0.1, 0.15) is 5.75 Å². The molecule has 4 amide bonds. The van der Waals surface area contributed by atoms with E-state index in [1.165, 1.54) is 18.2 Å². The Hall–Kier alpha value is -2.74. The Morgan fingerprint density at radius 3 is 2.75 bits per heavy atom. The fourth-order valence-electron chi connectivity index (χ4n) is 2.18. The molecule has 0 aromatic heterocycles. The van der Waals surface area contributed by atoms with Crippen molar-refractivity contribution in [3.05, 3.63) is 24.3 Å². The van der Waals surface area contributed by atoms with Gasteiger partial charge in [-0.15, -0.1) is 0 Å². The zero-order chi connectivity index (χ0) is 17.7. The monoisotopic (exact) mass is 333 g/mol. The third kappa shape index (κ3) is 3.96. The molecule has 0 radical (unpaired) electrons. The number of methoxy groups -OCH3 is 1. The van der Waals surface area contributed by atoms with Crippen molar-refractivity contribution < 1.29 is 24.0 Å². The first-order valence-electron chi connectivity index (χ1n) is 7.56. The van der Waals surface area contributed by atoms with E-state index in [0.717, 1.165) is 11.4 Å². The van der Waals surface area contributed by atoms with Crippen molar-refractivity contribution in [1.82, 2.24) is 5.32 Å². The quantitative estimate of drug-likeness (QED) is 0.522. The highest BCUT2D eigenvalue weighted by Gasteiger charge is 2.40. The summed E-state index contributed by atoms with van der Waals surface area (Å²) in [4.78, 5) is 42.9. The molecule has 1 aromatic carbocycles. The Bertz CT molecular complexity index is 672. The summed E-state index contributed by atoms with van der Waals surface area (Å²) in [5, 5.41) is 2.19. The van der Waals surface area contributed by atoms with Gasteiger partial charge in [-0.3, -0.25) is 19.9 Å². The molecule has 1 unspecified atom stereocenters. The molecule has 24 heavy (non-hydrogen) atoms. The number of anilines is 1. The Labute approximate surface area is 140 Å². The van der Waals surface area contributed by atoms with E-state index in [4.69, 9.17) is 4.74 Å². The van der Waals surface area contributed by atoms with Crippen molar-refractivity contribution in [1.29, 1.82) is 0 Å². The lowest BCUT2D eigenvalue weighted by atomic mass is 10.1. The number of nitrogens with one attached hydrogen (secondary N) is 2. The van der Waals surface area contributed by atoms with Crippen molar-refractivity contribution in [2.24, 2.45) is 10.9 Å².